The predicted octanol–water partition coefficient (Wildman–Crippen LogP) is 3.55. The van der Waals surface area contributed by atoms with Crippen molar-refractivity contribution in [2.75, 3.05) is 0 Å². The summed E-state index contributed by atoms with van der Waals surface area (Å²) in [5.74, 6) is -0.122. The van der Waals surface area contributed by atoms with Crippen molar-refractivity contribution >= 4 is 11.5 Å². The van der Waals surface area contributed by atoms with Gasteiger partial charge in [-0.3, -0.25) is 4.79 Å². The highest BCUT2D eigenvalue weighted by Gasteiger charge is 2.05. The number of unbranched alkanes of at least 4 members (excludes halogenated alkanes) is 6. The molecular formula is C12H23NO2. The number of hydrogen-bond donors (Lipinski definition) is 1. The molecule has 0 rings (SSSR count). The third-order valence-corrected chi connectivity index (χ3v) is 2.54. The molecule has 0 saturated carbocycles. The zero-order valence-electron chi connectivity index (χ0n) is 9.96. The van der Waals surface area contributed by atoms with Crippen molar-refractivity contribution in [2.24, 2.45) is 5.16 Å². The van der Waals surface area contributed by atoms with E-state index in [9.17, 15) is 4.79 Å². The van der Waals surface area contributed by atoms with Gasteiger partial charge in [-0.1, -0.05) is 50.6 Å². The summed E-state index contributed by atoms with van der Waals surface area (Å²) < 4.78 is 0. The van der Waals surface area contributed by atoms with Gasteiger partial charge in [0.1, 0.15) is 5.71 Å². The number of rotatable bonds is 9. The van der Waals surface area contributed by atoms with Crippen LogP contribution in [0.3, 0.4) is 0 Å². The maximum absolute atomic E-state index is 10.9. The van der Waals surface area contributed by atoms with Crippen molar-refractivity contribution in [1.29, 1.82) is 0 Å². The zero-order chi connectivity index (χ0) is 11.5. The van der Waals surface area contributed by atoms with Crippen molar-refractivity contribution in [3.63, 3.8) is 0 Å². The Hall–Kier alpha value is -0.860. The molecule has 3 heteroatoms. The Balaban J connectivity index is 3.34. The smallest absolute Gasteiger partial charge is 0.177 e. The maximum atomic E-state index is 10.9. The Labute approximate surface area is 92.6 Å². The highest BCUT2D eigenvalue weighted by atomic mass is 16.4. The summed E-state index contributed by atoms with van der Waals surface area (Å²) in [4.78, 5) is 10.9. The van der Waals surface area contributed by atoms with Crippen molar-refractivity contribution in [3.8, 4) is 0 Å². The quantitative estimate of drug-likeness (QED) is 0.275. The van der Waals surface area contributed by atoms with Gasteiger partial charge in [-0.15, -0.1) is 0 Å². The first-order valence-electron chi connectivity index (χ1n) is 5.94. The minimum Gasteiger partial charge on any atom is -0.411 e. The molecule has 0 atom stereocenters. The van der Waals surface area contributed by atoms with Crippen LogP contribution in [-0.4, -0.2) is 16.7 Å². The van der Waals surface area contributed by atoms with Crippen LogP contribution in [0.4, 0.5) is 0 Å². The standard InChI is InChI=1S/C12H23NO2/c1-3-4-5-6-7-8-9-10-12(13-15)11(2)14/h15H,3-10H2,1-2H3. The molecule has 0 heterocycles. The topological polar surface area (TPSA) is 49.7 Å². The van der Waals surface area contributed by atoms with Gasteiger partial charge in [-0.25, -0.2) is 0 Å². The molecular weight excluding hydrogens is 190 g/mol. The van der Waals surface area contributed by atoms with E-state index in [1.807, 2.05) is 0 Å². The molecule has 0 bridgehead atoms. The average molecular weight is 213 g/mol. The van der Waals surface area contributed by atoms with Gasteiger partial charge in [-0.2, -0.15) is 0 Å². The first kappa shape index (κ1) is 14.1. The molecule has 0 aliphatic heterocycles. The number of carbonyl (C=O) groups is 1. The molecule has 0 amide bonds. The Bertz CT molecular complexity index is 200. The van der Waals surface area contributed by atoms with Crippen LogP contribution in [0.15, 0.2) is 5.16 Å². The van der Waals surface area contributed by atoms with E-state index in [1.54, 1.807) is 0 Å². The van der Waals surface area contributed by atoms with E-state index < -0.39 is 0 Å². The average Bonchev–Trinajstić information content (AvgIpc) is 2.21. The van der Waals surface area contributed by atoms with Gasteiger partial charge >= 0.3 is 0 Å². The normalized spacial score (nSPS) is 11.7. The van der Waals surface area contributed by atoms with Crippen LogP contribution in [0.1, 0.15) is 65.2 Å². The van der Waals surface area contributed by atoms with E-state index in [4.69, 9.17) is 5.21 Å². The second-order valence-corrected chi connectivity index (χ2v) is 3.97. The van der Waals surface area contributed by atoms with E-state index in [2.05, 4.69) is 12.1 Å². The van der Waals surface area contributed by atoms with E-state index in [0.29, 0.717) is 12.1 Å². The lowest BCUT2D eigenvalue weighted by Crippen LogP contribution is -2.09. The third kappa shape index (κ3) is 8.16. The van der Waals surface area contributed by atoms with Gasteiger partial charge in [0.15, 0.2) is 5.78 Å². The largest absolute Gasteiger partial charge is 0.411 e. The van der Waals surface area contributed by atoms with E-state index in [-0.39, 0.29) is 5.78 Å². The van der Waals surface area contributed by atoms with Crippen LogP contribution in [0.25, 0.3) is 0 Å². The molecule has 0 radical (unpaired) electrons. The molecule has 3 nitrogen and oxygen atoms in total. The van der Waals surface area contributed by atoms with Gasteiger partial charge < -0.3 is 5.21 Å². The monoisotopic (exact) mass is 213 g/mol. The Morgan fingerprint density at radius 1 is 1.07 bits per heavy atom. The molecule has 0 fully saturated rings. The third-order valence-electron chi connectivity index (χ3n) is 2.54. The SMILES string of the molecule is CCCCCCCCCC(=NO)C(C)=O. The molecule has 1 N–H and O–H groups in total. The molecule has 0 saturated heterocycles. The minimum absolute atomic E-state index is 0.122. The van der Waals surface area contributed by atoms with E-state index in [1.165, 1.54) is 39.0 Å². The van der Waals surface area contributed by atoms with Crippen LogP contribution in [-0.2, 0) is 4.79 Å². The molecule has 0 aliphatic rings. The first-order chi connectivity index (χ1) is 7.22. The molecule has 0 aliphatic carbocycles. The van der Waals surface area contributed by atoms with Crippen molar-refractivity contribution in [1.82, 2.24) is 0 Å². The van der Waals surface area contributed by atoms with Crippen LogP contribution >= 0.6 is 0 Å². The Morgan fingerprint density at radius 3 is 2.07 bits per heavy atom. The summed E-state index contributed by atoms with van der Waals surface area (Å²) in [6.45, 7) is 3.65. The molecule has 0 unspecified atom stereocenters. The highest BCUT2D eigenvalue weighted by Crippen LogP contribution is 2.09. The number of ketones is 1. The zero-order valence-corrected chi connectivity index (χ0v) is 9.96. The predicted molar refractivity (Wildman–Crippen MR) is 62.5 cm³/mol. The number of nitrogens with zero attached hydrogens (tertiary/aromatic N) is 1. The molecule has 0 aromatic carbocycles. The van der Waals surface area contributed by atoms with Crippen LogP contribution in [0.2, 0.25) is 0 Å². The summed E-state index contributed by atoms with van der Waals surface area (Å²) >= 11 is 0. The van der Waals surface area contributed by atoms with Gasteiger partial charge in [0.25, 0.3) is 0 Å². The molecule has 0 spiro atoms. The number of Topliss-reactive ketones (excluding diaryl/α,β-unsaturated/α-hetero) is 1. The number of hydrogen-bond acceptors (Lipinski definition) is 3. The van der Waals surface area contributed by atoms with Crippen molar-refractivity contribution in [2.45, 2.75) is 65.2 Å². The van der Waals surface area contributed by atoms with Crippen LogP contribution in [0, 0.1) is 0 Å². The Kier molecular flexibility index (Phi) is 9.13. The lowest BCUT2D eigenvalue weighted by atomic mass is 10.1. The molecule has 88 valence electrons. The number of oxime groups is 1. The van der Waals surface area contributed by atoms with E-state index >= 15 is 0 Å². The fourth-order valence-corrected chi connectivity index (χ4v) is 1.55. The highest BCUT2D eigenvalue weighted by molar-refractivity contribution is 6.38. The second kappa shape index (κ2) is 9.69. The summed E-state index contributed by atoms with van der Waals surface area (Å²) in [5, 5.41) is 11.5. The van der Waals surface area contributed by atoms with Crippen LogP contribution < -0.4 is 0 Å². The minimum atomic E-state index is -0.122. The Morgan fingerprint density at radius 2 is 1.60 bits per heavy atom. The van der Waals surface area contributed by atoms with Gasteiger partial charge in [-0.05, 0) is 12.8 Å². The summed E-state index contributed by atoms with van der Waals surface area (Å²) in [5.41, 5.74) is 0.309. The fourth-order valence-electron chi connectivity index (χ4n) is 1.55. The van der Waals surface area contributed by atoms with Crippen molar-refractivity contribution in [3.05, 3.63) is 0 Å². The summed E-state index contributed by atoms with van der Waals surface area (Å²) in [6.07, 6.45) is 9.07. The summed E-state index contributed by atoms with van der Waals surface area (Å²) in [6, 6.07) is 0. The fraction of sp³-hybridized carbons (Fsp3) is 0.833. The van der Waals surface area contributed by atoms with Crippen LogP contribution in [0.5, 0.6) is 0 Å². The van der Waals surface area contributed by atoms with Gasteiger partial charge in [0.2, 0.25) is 0 Å². The lowest BCUT2D eigenvalue weighted by Gasteiger charge is -2.01. The number of carbonyl (C=O) groups excluding carboxylic acids is 1. The van der Waals surface area contributed by atoms with Gasteiger partial charge in [0.05, 0.1) is 0 Å². The maximum Gasteiger partial charge on any atom is 0.177 e. The lowest BCUT2D eigenvalue weighted by molar-refractivity contribution is -0.111. The first-order valence-corrected chi connectivity index (χ1v) is 5.94. The van der Waals surface area contributed by atoms with Gasteiger partial charge in [0, 0.05) is 6.92 Å². The molecule has 15 heavy (non-hydrogen) atoms. The second-order valence-electron chi connectivity index (χ2n) is 3.97. The molecule has 0 aromatic heterocycles. The summed E-state index contributed by atoms with van der Waals surface area (Å²) in [7, 11) is 0. The molecule has 0 aromatic rings. The van der Waals surface area contributed by atoms with E-state index in [0.717, 1.165) is 12.8 Å². The van der Waals surface area contributed by atoms with Crippen molar-refractivity contribution < 1.29 is 10.0 Å².